The summed E-state index contributed by atoms with van der Waals surface area (Å²) in [4.78, 5) is 37.7. The number of likely N-dealkylation sites (N-methyl/N-ethyl adjacent to an activating group) is 1. The Balaban J connectivity index is 4.35. The molecule has 0 radical (unpaired) electrons. The third kappa shape index (κ3) is 47.2. The van der Waals surface area contributed by atoms with Crippen LogP contribution in [0.25, 0.3) is 0 Å². The number of quaternary nitrogens is 1. The number of hydrogen-bond donors (Lipinski definition) is 0. The van der Waals surface area contributed by atoms with Gasteiger partial charge in [0.2, 0.25) is 0 Å². The van der Waals surface area contributed by atoms with Gasteiger partial charge in [-0.1, -0.05) is 171 Å². The molecule has 0 saturated heterocycles. The maximum Gasteiger partial charge on any atom is 0.306 e. The molecule has 0 N–H and O–H groups in total. The van der Waals surface area contributed by atoms with Gasteiger partial charge in [0.25, 0.3) is 7.82 Å². The number of nitrogens with zero attached hydrogens (tertiary/aromatic N) is 1. The lowest BCUT2D eigenvalue weighted by molar-refractivity contribution is -0.870. The van der Waals surface area contributed by atoms with Crippen molar-refractivity contribution in [1.29, 1.82) is 0 Å². The zero-order valence-electron chi connectivity index (χ0n) is 40.6. The van der Waals surface area contributed by atoms with Gasteiger partial charge in [0.15, 0.2) is 6.10 Å². The number of allylic oxidation sites excluding steroid dienone is 10. The summed E-state index contributed by atoms with van der Waals surface area (Å²) >= 11 is 0. The molecule has 0 aromatic carbocycles. The first kappa shape index (κ1) is 59.7. The smallest absolute Gasteiger partial charge is 0.306 e. The van der Waals surface area contributed by atoms with E-state index in [1.165, 1.54) is 109 Å². The van der Waals surface area contributed by atoms with Crippen molar-refractivity contribution in [2.45, 2.75) is 213 Å². The monoisotopic (exact) mass is 892 g/mol. The minimum Gasteiger partial charge on any atom is -0.756 e. The van der Waals surface area contributed by atoms with Crippen LogP contribution in [-0.4, -0.2) is 70.0 Å². The maximum atomic E-state index is 12.7. The van der Waals surface area contributed by atoms with E-state index < -0.39 is 32.5 Å². The Morgan fingerprint density at radius 1 is 0.500 bits per heavy atom. The number of phosphoric acid groups is 1. The van der Waals surface area contributed by atoms with Crippen molar-refractivity contribution in [1.82, 2.24) is 0 Å². The van der Waals surface area contributed by atoms with Crippen LogP contribution >= 0.6 is 7.82 Å². The average Bonchev–Trinajstić information content (AvgIpc) is 3.23. The third-order valence-corrected chi connectivity index (χ3v) is 11.5. The molecule has 0 amide bonds. The van der Waals surface area contributed by atoms with E-state index >= 15 is 0 Å². The summed E-state index contributed by atoms with van der Waals surface area (Å²) in [6.07, 6.45) is 53.9. The second kappa shape index (κ2) is 43.9. The third-order valence-electron chi connectivity index (χ3n) is 10.5. The van der Waals surface area contributed by atoms with E-state index in [-0.39, 0.29) is 26.1 Å². The Labute approximate surface area is 381 Å². The van der Waals surface area contributed by atoms with Gasteiger partial charge in [0.1, 0.15) is 19.8 Å². The highest BCUT2D eigenvalue weighted by Crippen LogP contribution is 2.38. The van der Waals surface area contributed by atoms with Gasteiger partial charge in [-0.15, -0.1) is 0 Å². The Morgan fingerprint density at radius 2 is 0.871 bits per heavy atom. The van der Waals surface area contributed by atoms with Gasteiger partial charge in [-0.2, -0.15) is 0 Å². The van der Waals surface area contributed by atoms with Crippen molar-refractivity contribution in [2.75, 3.05) is 47.5 Å². The summed E-state index contributed by atoms with van der Waals surface area (Å²) < 4.78 is 34.0. The van der Waals surface area contributed by atoms with Crippen LogP contribution in [-0.2, 0) is 32.7 Å². The van der Waals surface area contributed by atoms with E-state index in [0.717, 1.165) is 57.8 Å². The van der Waals surface area contributed by atoms with E-state index in [0.29, 0.717) is 23.9 Å². The highest BCUT2D eigenvalue weighted by molar-refractivity contribution is 7.45. The van der Waals surface area contributed by atoms with Gasteiger partial charge in [-0.3, -0.25) is 14.2 Å². The van der Waals surface area contributed by atoms with Gasteiger partial charge in [0.05, 0.1) is 27.7 Å². The van der Waals surface area contributed by atoms with Crippen LogP contribution in [0.1, 0.15) is 206 Å². The topological polar surface area (TPSA) is 111 Å². The summed E-state index contributed by atoms with van der Waals surface area (Å²) in [5.74, 6) is -0.872. The molecule has 0 aliphatic rings. The van der Waals surface area contributed by atoms with E-state index in [9.17, 15) is 19.0 Å². The fourth-order valence-corrected chi connectivity index (χ4v) is 7.30. The largest absolute Gasteiger partial charge is 0.756 e. The molecule has 2 atom stereocenters. The molecule has 9 nitrogen and oxygen atoms in total. The summed E-state index contributed by atoms with van der Waals surface area (Å²) in [7, 11) is 1.14. The molecule has 0 aliphatic heterocycles. The van der Waals surface area contributed by atoms with Crippen molar-refractivity contribution in [3.63, 3.8) is 0 Å². The molecule has 0 heterocycles. The number of carbonyl (C=O) groups is 2. The van der Waals surface area contributed by atoms with E-state index in [1.807, 2.05) is 21.1 Å². The highest BCUT2D eigenvalue weighted by Gasteiger charge is 2.21. The number of carbonyl (C=O) groups excluding carboxylic acids is 2. The van der Waals surface area contributed by atoms with Crippen molar-refractivity contribution in [3.8, 4) is 0 Å². The van der Waals surface area contributed by atoms with Crippen molar-refractivity contribution in [2.24, 2.45) is 0 Å². The fourth-order valence-electron chi connectivity index (χ4n) is 6.57. The van der Waals surface area contributed by atoms with Crippen LogP contribution in [0.4, 0.5) is 0 Å². The number of esters is 2. The summed E-state index contributed by atoms with van der Waals surface area (Å²) in [5.41, 5.74) is 0. The SMILES string of the molecule is CCCCC/C=C/C/C=C/C/C=C/C/C=C/CCCCCC(=O)OC[C@H](COP(=O)([O-])OCC[N+](C)(C)C)OC(=O)CCCCCCCCCCC/C=C/CCCCCCCC. The zero-order chi connectivity index (χ0) is 45.7. The molecule has 62 heavy (non-hydrogen) atoms. The van der Waals surface area contributed by atoms with Crippen molar-refractivity contribution in [3.05, 3.63) is 60.8 Å². The van der Waals surface area contributed by atoms with E-state index in [2.05, 4.69) is 74.6 Å². The molecule has 0 bridgehead atoms. The molecule has 360 valence electrons. The normalized spacial score (nSPS) is 14.0. The number of hydrogen-bond acceptors (Lipinski definition) is 8. The number of unbranched alkanes of at least 4 members (excludes halogenated alkanes) is 21. The number of ether oxygens (including phenoxy) is 2. The lowest BCUT2D eigenvalue weighted by atomic mass is 10.1. The van der Waals surface area contributed by atoms with Crippen molar-refractivity contribution < 1.29 is 42.1 Å². The van der Waals surface area contributed by atoms with Gasteiger partial charge in [-0.25, -0.2) is 0 Å². The quantitative estimate of drug-likeness (QED) is 0.0195. The molecule has 10 heteroatoms. The van der Waals surface area contributed by atoms with E-state index in [4.69, 9.17) is 18.5 Å². The standard InChI is InChI=1S/C52H94NO8P/c1-6-8-10-12-14-16-18-20-22-24-26-28-30-32-34-36-38-40-42-44-51(54)58-48-50(49-60-62(56,57)59-47-46-53(3,4)5)61-52(55)45-43-41-39-37-35-33-31-29-27-25-23-21-19-17-15-13-11-9-7-2/h14,16,20-23,26,28,32,34,50H,6-13,15,17-19,24-25,27,29-31,33,35-49H2,1-5H3/b16-14+,22-20+,23-21+,28-26+,34-32+/t50-/m1/s1. The Hall–Kier alpha value is -2.29. The first-order chi connectivity index (χ1) is 30.0. The summed E-state index contributed by atoms with van der Waals surface area (Å²) in [6.45, 7) is 4.17. The van der Waals surface area contributed by atoms with Crippen molar-refractivity contribution >= 4 is 19.8 Å². The summed E-state index contributed by atoms with van der Waals surface area (Å²) in [6, 6.07) is 0. The first-order valence-electron chi connectivity index (χ1n) is 25.0. The van der Waals surface area contributed by atoms with Crippen LogP contribution in [0.15, 0.2) is 60.8 Å². The minimum absolute atomic E-state index is 0.0386. The molecule has 1 unspecified atom stereocenters. The molecule has 0 aromatic heterocycles. The van der Waals surface area contributed by atoms with Crippen LogP contribution in [0, 0.1) is 0 Å². The molecular formula is C52H94NO8P. The molecular weight excluding hydrogens is 798 g/mol. The van der Waals surface area contributed by atoms with Crippen LogP contribution in [0.5, 0.6) is 0 Å². The Morgan fingerprint density at radius 3 is 1.35 bits per heavy atom. The molecule has 0 aliphatic carbocycles. The van der Waals surface area contributed by atoms with Gasteiger partial charge in [-0.05, 0) is 83.5 Å². The van der Waals surface area contributed by atoms with E-state index in [1.54, 1.807) is 0 Å². The average molecular weight is 892 g/mol. The molecule has 0 saturated carbocycles. The molecule has 0 rings (SSSR count). The highest BCUT2D eigenvalue weighted by atomic mass is 31.2. The van der Waals surface area contributed by atoms with Crippen LogP contribution in [0.2, 0.25) is 0 Å². The lowest BCUT2D eigenvalue weighted by Crippen LogP contribution is -2.37. The summed E-state index contributed by atoms with van der Waals surface area (Å²) in [5, 5.41) is 0. The predicted molar refractivity (Wildman–Crippen MR) is 259 cm³/mol. The molecule has 0 aromatic rings. The maximum absolute atomic E-state index is 12.7. The second-order valence-corrected chi connectivity index (χ2v) is 19.2. The fraction of sp³-hybridized carbons (Fsp3) is 0.769. The Bertz CT molecular complexity index is 1240. The first-order valence-corrected chi connectivity index (χ1v) is 26.5. The van der Waals surface area contributed by atoms with Crippen LogP contribution < -0.4 is 4.89 Å². The van der Waals surface area contributed by atoms with Gasteiger partial charge < -0.3 is 27.9 Å². The zero-order valence-corrected chi connectivity index (χ0v) is 41.4. The number of rotatable bonds is 45. The van der Waals surface area contributed by atoms with Gasteiger partial charge >= 0.3 is 11.9 Å². The lowest BCUT2D eigenvalue weighted by Gasteiger charge is -2.28. The number of phosphoric ester groups is 1. The van der Waals surface area contributed by atoms with Crippen LogP contribution in [0.3, 0.4) is 0 Å². The second-order valence-electron chi connectivity index (χ2n) is 17.8. The molecule has 0 fully saturated rings. The minimum atomic E-state index is -4.64. The predicted octanol–water partition coefficient (Wildman–Crippen LogP) is 14.2. The molecule has 0 spiro atoms. The Kier molecular flexibility index (Phi) is 42.3. The van der Waals surface area contributed by atoms with Gasteiger partial charge in [0, 0.05) is 12.8 Å².